The monoisotopic (exact) mass is 502 g/mol. The number of aryl methyl sites for hydroxylation is 2. The Bertz CT molecular complexity index is 1370. The fourth-order valence-corrected chi connectivity index (χ4v) is 4.46. The molecule has 184 valence electrons. The molecule has 1 N–H and O–H groups in total. The third kappa shape index (κ3) is 5.07. The number of hydrogen-bond acceptors (Lipinski definition) is 2. The highest BCUT2D eigenvalue weighted by Gasteiger charge is 2.38. The van der Waals surface area contributed by atoms with E-state index in [0.29, 0.717) is 18.5 Å². The number of amides is 1. The van der Waals surface area contributed by atoms with Crippen molar-refractivity contribution < 1.29 is 18.0 Å². The summed E-state index contributed by atoms with van der Waals surface area (Å²) in [6.45, 7) is 6.87. The number of nitrogens with one attached hydrogen (secondary N) is 1. The average Bonchev–Trinajstić information content (AvgIpc) is 3.25. The number of carbonyl (C=O) groups is 1. The molecule has 0 fully saturated rings. The quantitative estimate of drug-likeness (QED) is 0.301. The molecule has 0 aliphatic rings. The van der Waals surface area contributed by atoms with Crippen molar-refractivity contribution in [2.45, 2.75) is 46.5 Å². The van der Waals surface area contributed by atoms with Crippen LogP contribution < -0.4 is 5.32 Å². The van der Waals surface area contributed by atoms with Gasteiger partial charge in [-0.25, -0.2) is 0 Å². The summed E-state index contributed by atoms with van der Waals surface area (Å²) in [4.78, 5) is 12.7. The van der Waals surface area contributed by atoms with Crippen LogP contribution in [0, 0.1) is 20.8 Å². The third-order valence-corrected chi connectivity index (χ3v) is 6.77. The average molecular weight is 503 g/mol. The smallest absolute Gasteiger partial charge is 0.352 e. The molecule has 2 aromatic carbocycles. The van der Waals surface area contributed by atoms with Crippen LogP contribution in [0.3, 0.4) is 0 Å². The summed E-state index contributed by atoms with van der Waals surface area (Å²) in [7, 11) is 0. The maximum Gasteiger partial charge on any atom is 0.436 e. The molecule has 5 nitrogen and oxygen atoms in total. The molecule has 4 aromatic rings. The van der Waals surface area contributed by atoms with Gasteiger partial charge in [0.05, 0.1) is 10.7 Å². The summed E-state index contributed by atoms with van der Waals surface area (Å²) < 4.78 is 42.4. The Morgan fingerprint density at radius 2 is 1.77 bits per heavy atom. The van der Waals surface area contributed by atoms with Gasteiger partial charge in [0.25, 0.3) is 5.91 Å². The second kappa shape index (κ2) is 9.77. The van der Waals surface area contributed by atoms with Crippen molar-refractivity contribution >= 4 is 28.4 Å². The molecule has 35 heavy (non-hydrogen) atoms. The molecule has 0 saturated heterocycles. The van der Waals surface area contributed by atoms with Crippen LogP contribution in [0.25, 0.3) is 10.9 Å². The number of rotatable bonds is 7. The molecule has 0 unspecified atom stereocenters. The molecule has 0 radical (unpaired) electrons. The van der Waals surface area contributed by atoms with Crippen LogP contribution in [-0.2, 0) is 19.3 Å². The van der Waals surface area contributed by atoms with Crippen LogP contribution in [0.5, 0.6) is 0 Å². The van der Waals surface area contributed by atoms with Crippen molar-refractivity contribution in [2.24, 2.45) is 0 Å². The second-order valence-corrected chi connectivity index (χ2v) is 8.97. The van der Waals surface area contributed by atoms with Gasteiger partial charge in [-0.2, -0.15) is 18.3 Å². The molecule has 1 amide bonds. The highest BCUT2D eigenvalue weighted by molar-refractivity contribution is 6.31. The van der Waals surface area contributed by atoms with Gasteiger partial charge in [0.1, 0.15) is 0 Å². The first-order valence-electron chi connectivity index (χ1n) is 11.3. The first-order chi connectivity index (χ1) is 16.6. The van der Waals surface area contributed by atoms with Crippen molar-refractivity contribution in [3.05, 3.63) is 87.3 Å². The van der Waals surface area contributed by atoms with E-state index in [1.807, 2.05) is 37.3 Å². The molecule has 0 bridgehead atoms. The lowest BCUT2D eigenvalue weighted by Gasteiger charge is -2.09. The third-order valence-electron chi connectivity index (χ3n) is 6.32. The largest absolute Gasteiger partial charge is 0.436 e. The Labute approximate surface area is 206 Å². The summed E-state index contributed by atoms with van der Waals surface area (Å²) >= 11 is 5.79. The number of carbonyl (C=O) groups excluding carboxylic acids is 1. The van der Waals surface area contributed by atoms with Crippen molar-refractivity contribution in [1.29, 1.82) is 0 Å². The molecule has 0 atom stereocenters. The standard InChI is InChI=1S/C26H26ClF3N4O/c1-16-17(2)33(15-19-8-5-4-6-9-19)22-11-10-20(14-21(16)22)25(35)31-12-7-13-34-18(3)23(27)24(32-34)26(28,29)30/h4-6,8-11,14H,7,12-13,15H2,1-3H3,(H,31,35). The van der Waals surface area contributed by atoms with Gasteiger partial charge in [-0.05, 0) is 56.5 Å². The van der Waals surface area contributed by atoms with E-state index in [1.54, 1.807) is 6.07 Å². The summed E-state index contributed by atoms with van der Waals surface area (Å²) in [6, 6.07) is 15.8. The number of hydrogen-bond donors (Lipinski definition) is 1. The predicted molar refractivity (Wildman–Crippen MR) is 131 cm³/mol. The molecule has 0 aliphatic carbocycles. The number of fused-ring (bicyclic) bond motifs is 1. The predicted octanol–water partition coefficient (Wildman–Crippen LogP) is 6.30. The lowest BCUT2D eigenvalue weighted by molar-refractivity contribution is -0.141. The maximum absolute atomic E-state index is 13.0. The minimum Gasteiger partial charge on any atom is -0.352 e. The Balaban J connectivity index is 1.42. The highest BCUT2D eigenvalue weighted by Crippen LogP contribution is 2.35. The number of benzene rings is 2. The molecule has 2 aromatic heterocycles. The van der Waals surface area contributed by atoms with Gasteiger partial charge in [0, 0.05) is 41.8 Å². The summed E-state index contributed by atoms with van der Waals surface area (Å²) in [5.74, 6) is -0.231. The molecule has 9 heteroatoms. The van der Waals surface area contributed by atoms with E-state index in [-0.39, 0.29) is 23.2 Å². The zero-order valence-corrected chi connectivity index (χ0v) is 20.5. The second-order valence-electron chi connectivity index (χ2n) is 8.59. The number of alkyl halides is 3. The molecule has 0 spiro atoms. The first-order valence-corrected chi connectivity index (χ1v) is 11.7. The summed E-state index contributed by atoms with van der Waals surface area (Å²) in [5, 5.41) is 7.06. The molecule has 4 rings (SSSR count). The van der Waals surface area contributed by atoms with E-state index in [1.165, 1.54) is 17.2 Å². The van der Waals surface area contributed by atoms with E-state index < -0.39 is 11.9 Å². The van der Waals surface area contributed by atoms with Crippen molar-refractivity contribution in [3.63, 3.8) is 0 Å². The van der Waals surface area contributed by atoms with Gasteiger partial charge in [0.15, 0.2) is 5.69 Å². The number of nitrogens with zero attached hydrogens (tertiary/aromatic N) is 3. The molecule has 0 saturated carbocycles. The SMILES string of the molecule is Cc1c(C)n(Cc2ccccc2)c2ccc(C(=O)NCCCn3nc(C(F)(F)F)c(Cl)c3C)cc12. The number of halogens is 4. The fourth-order valence-electron chi connectivity index (χ4n) is 4.22. The van der Waals surface area contributed by atoms with Crippen LogP contribution in [0.15, 0.2) is 48.5 Å². The Morgan fingerprint density at radius 1 is 1.06 bits per heavy atom. The van der Waals surface area contributed by atoms with Crippen molar-refractivity contribution in [2.75, 3.05) is 6.54 Å². The Kier molecular flexibility index (Phi) is 6.94. The molecular weight excluding hydrogens is 477 g/mol. The minimum absolute atomic E-state index is 0.210. The van der Waals surface area contributed by atoms with Crippen LogP contribution in [0.4, 0.5) is 13.2 Å². The van der Waals surface area contributed by atoms with E-state index in [4.69, 9.17) is 11.6 Å². The topological polar surface area (TPSA) is 51.9 Å². The molecule has 2 heterocycles. The van der Waals surface area contributed by atoms with Crippen LogP contribution in [-0.4, -0.2) is 26.8 Å². The van der Waals surface area contributed by atoms with Gasteiger partial charge in [0.2, 0.25) is 0 Å². The van der Waals surface area contributed by atoms with Gasteiger partial charge in [-0.15, -0.1) is 0 Å². The van der Waals surface area contributed by atoms with Crippen LogP contribution >= 0.6 is 11.6 Å². The van der Waals surface area contributed by atoms with Gasteiger partial charge in [-0.1, -0.05) is 41.9 Å². The highest BCUT2D eigenvalue weighted by atomic mass is 35.5. The Hall–Kier alpha value is -3.26. The zero-order valence-electron chi connectivity index (χ0n) is 19.7. The van der Waals surface area contributed by atoms with Gasteiger partial charge < -0.3 is 9.88 Å². The number of aromatic nitrogens is 3. The first kappa shape index (κ1) is 24.9. The Morgan fingerprint density at radius 3 is 2.43 bits per heavy atom. The van der Waals surface area contributed by atoms with E-state index >= 15 is 0 Å². The minimum atomic E-state index is -4.60. The molecular formula is C26H26ClF3N4O. The summed E-state index contributed by atoms with van der Waals surface area (Å²) in [5.41, 5.74) is 4.23. The normalized spacial score (nSPS) is 11.9. The maximum atomic E-state index is 13.0. The lowest BCUT2D eigenvalue weighted by atomic mass is 10.1. The van der Waals surface area contributed by atoms with Crippen molar-refractivity contribution in [3.8, 4) is 0 Å². The summed E-state index contributed by atoms with van der Waals surface area (Å²) in [6.07, 6.45) is -4.19. The molecule has 0 aliphatic heterocycles. The van der Waals surface area contributed by atoms with E-state index in [2.05, 4.69) is 34.0 Å². The van der Waals surface area contributed by atoms with Crippen LogP contribution in [0.1, 0.15) is 45.0 Å². The fraction of sp³-hybridized carbons (Fsp3) is 0.308. The van der Waals surface area contributed by atoms with Crippen LogP contribution in [0.2, 0.25) is 5.02 Å². The zero-order chi connectivity index (χ0) is 25.3. The van der Waals surface area contributed by atoms with Crippen molar-refractivity contribution in [1.82, 2.24) is 19.7 Å². The van der Waals surface area contributed by atoms with Gasteiger partial charge in [-0.3, -0.25) is 9.48 Å². The lowest BCUT2D eigenvalue weighted by Crippen LogP contribution is -2.25. The van der Waals surface area contributed by atoms with E-state index in [0.717, 1.165) is 28.7 Å². The van der Waals surface area contributed by atoms with Gasteiger partial charge >= 0.3 is 6.18 Å². The van der Waals surface area contributed by atoms with E-state index in [9.17, 15) is 18.0 Å².